The van der Waals surface area contributed by atoms with Gasteiger partial charge in [-0.05, 0) is 30.5 Å². The largest absolute Gasteiger partial charge is 0.397 e. The van der Waals surface area contributed by atoms with E-state index >= 15 is 0 Å². The Hall–Kier alpha value is -1.29. The molecule has 0 saturated carbocycles. The highest BCUT2D eigenvalue weighted by Crippen LogP contribution is 2.29. The Bertz CT molecular complexity index is 397. The van der Waals surface area contributed by atoms with Crippen LogP contribution in [0, 0.1) is 11.7 Å². The van der Waals surface area contributed by atoms with E-state index in [4.69, 9.17) is 10.5 Å². The van der Waals surface area contributed by atoms with E-state index in [-0.39, 0.29) is 11.9 Å². The fourth-order valence-electron chi connectivity index (χ4n) is 2.35. The van der Waals surface area contributed by atoms with Crippen molar-refractivity contribution in [3.8, 4) is 0 Å². The van der Waals surface area contributed by atoms with Crippen molar-refractivity contribution in [2.24, 2.45) is 5.92 Å². The fraction of sp³-hybridized carbons (Fsp3) is 0.538. The van der Waals surface area contributed by atoms with Crippen LogP contribution in [0.25, 0.3) is 0 Å². The summed E-state index contributed by atoms with van der Waals surface area (Å²) in [6, 6.07) is 4.50. The third-order valence-corrected chi connectivity index (χ3v) is 3.53. The lowest BCUT2D eigenvalue weighted by molar-refractivity contribution is 0.0498. The number of hydrogen-bond donors (Lipinski definition) is 1. The second-order valence-electron chi connectivity index (χ2n) is 4.69. The number of nitrogen functional groups attached to an aromatic ring is 1. The van der Waals surface area contributed by atoms with Gasteiger partial charge >= 0.3 is 0 Å². The molecule has 1 heterocycles. The van der Waals surface area contributed by atoms with Gasteiger partial charge in [0.25, 0.3) is 0 Å². The first-order chi connectivity index (χ1) is 8.11. The maximum Gasteiger partial charge on any atom is 0.125 e. The molecule has 1 aliphatic heterocycles. The molecule has 4 heteroatoms. The Labute approximate surface area is 101 Å². The number of piperidine rings is 1. The maximum absolute atomic E-state index is 13.2. The summed E-state index contributed by atoms with van der Waals surface area (Å²) < 4.78 is 18.7. The van der Waals surface area contributed by atoms with Crippen LogP contribution in [-0.2, 0) is 4.74 Å². The van der Waals surface area contributed by atoms with Gasteiger partial charge in [-0.15, -0.1) is 0 Å². The normalized spacial score (nSPS) is 25.0. The summed E-state index contributed by atoms with van der Waals surface area (Å²) in [4.78, 5) is 2.10. The van der Waals surface area contributed by atoms with E-state index in [0.717, 1.165) is 25.2 Å². The van der Waals surface area contributed by atoms with Gasteiger partial charge in [0.2, 0.25) is 0 Å². The molecule has 0 bridgehead atoms. The molecule has 0 amide bonds. The zero-order chi connectivity index (χ0) is 12.4. The summed E-state index contributed by atoms with van der Waals surface area (Å²) in [5.41, 5.74) is 7.29. The Balaban J connectivity index is 2.20. The lowest BCUT2D eigenvalue weighted by Gasteiger charge is -2.38. The molecule has 0 aromatic heterocycles. The molecule has 1 aliphatic rings. The lowest BCUT2D eigenvalue weighted by Crippen LogP contribution is -2.44. The maximum atomic E-state index is 13.2. The zero-order valence-electron chi connectivity index (χ0n) is 10.3. The molecule has 2 unspecified atom stereocenters. The molecular formula is C13H19FN2O. The molecular weight excluding hydrogens is 219 g/mol. The average Bonchev–Trinajstić information content (AvgIpc) is 2.33. The molecule has 1 saturated heterocycles. The minimum absolute atomic E-state index is 0.186. The summed E-state index contributed by atoms with van der Waals surface area (Å²) in [5.74, 6) is 0.285. The van der Waals surface area contributed by atoms with E-state index in [2.05, 4.69) is 11.8 Å². The standard InChI is InChI=1S/C13H19FN2O/c1-9-5-6-16(8-13(9)17-2)12-7-10(14)3-4-11(12)15/h3-4,7,9,13H,5-6,8,15H2,1-2H3. The third kappa shape index (κ3) is 2.52. The first kappa shape index (κ1) is 12.2. The Morgan fingerprint density at radius 3 is 2.94 bits per heavy atom. The summed E-state index contributed by atoms with van der Waals surface area (Å²) in [6.45, 7) is 3.85. The molecule has 2 N–H and O–H groups in total. The van der Waals surface area contributed by atoms with Crippen molar-refractivity contribution >= 4 is 11.4 Å². The van der Waals surface area contributed by atoms with E-state index in [1.807, 2.05) is 0 Å². The van der Waals surface area contributed by atoms with Crippen LogP contribution in [0.3, 0.4) is 0 Å². The average molecular weight is 238 g/mol. The van der Waals surface area contributed by atoms with E-state index in [1.165, 1.54) is 12.1 Å². The van der Waals surface area contributed by atoms with E-state index in [0.29, 0.717) is 11.6 Å². The van der Waals surface area contributed by atoms with Gasteiger partial charge in [0.1, 0.15) is 5.82 Å². The Kier molecular flexibility index (Phi) is 3.52. The summed E-state index contributed by atoms with van der Waals surface area (Å²) in [6.07, 6.45) is 1.22. The topological polar surface area (TPSA) is 38.5 Å². The Morgan fingerprint density at radius 2 is 2.24 bits per heavy atom. The van der Waals surface area contributed by atoms with Gasteiger partial charge < -0.3 is 15.4 Å². The molecule has 2 rings (SSSR count). The molecule has 3 nitrogen and oxygen atoms in total. The van der Waals surface area contributed by atoms with Crippen LogP contribution < -0.4 is 10.6 Å². The van der Waals surface area contributed by atoms with Gasteiger partial charge in [-0.2, -0.15) is 0 Å². The van der Waals surface area contributed by atoms with E-state index in [1.54, 1.807) is 13.2 Å². The van der Waals surface area contributed by atoms with Crippen LogP contribution >= 0.6 is 0 Å². The molecule has 0 aliphatic carbocycles. The number of nitrogens with two attached hydrogens (primary N) is 1. The summed E-state index contributed by atoms with van der Waals surface area (Å²) in [7, 11) is 1.72. The highest BCUT2D eigenvalue weighted by molar-refractivity contribution is 5.67. The zero-order valence-corrected chi connectivity index (χ0v) is 10.3. The van der Waals surface area contributed by atoms with Gasteiger partial charge in [-0.3, -0.25) is 0 Å². The van der Waals surface area contributed by atoms with Crippen molar-refractivity contribution in [2.75, 3.05) is 30.8 Å². The monoisotopic (exact) mass is 238 g/mol. The number of rotatable bonds is 2. The van der Waals surface area contributed by atoms with Crippen LogP contribution in [0.1, 0.15) is 13.3 Å². The van der Waals surface area contributed by atoms with Crippen LogP contribution in [0.4, 0.5) is 15.8 Å². The molecule has 94 valence electrons. The van der Waals surface area contributed by atoms with Gasteiger partial charge in [0, 0.05) is 20.2 Å². The molecule has 0 radical (unpaired) electrons. The second kappa shape index (κ2) is 4.92. The highest BCUT2D eigenvalue weighted by Gasteiger charge is 2.27. The van der Waals surface area contributed by atoms with Crippen LogP contribution in [0.5, 0.6) is 0 Å². The number of halogens is 1. The number of ether oxygens (including phenoxy) is 1. The van der Waals surface area contributed by atoms with Crippen molar-refractivity contribution in [2.45, 2.75) is 19.4 Å². The van der Waals surface area contributed by atoms with E-state index < -0.39 is 0 Å². The summed E-state index contributed by atoms with van der Waals surface area (Å²) >= 11 is 0. The third-order valence-electron chi connectivity index (χ3n) is 3.53. The summed E-state index contributed by atoms with van der Waals surface area (Å²) in [5, 5.41) is 0. The lowest BCUT2D eigenvalue weighted by atomic mass is 9.95. The van der Waals surface area contributed by atoms with Crippen LogP contribution in [0.2, 0.25) is 0 Å². The number of anilines is 2. The van der Waals surface area contributed by atoms with Gasteiger partial charge in [-0.25, -0.2) is 4.39 Å². The second-order valence-corrected chi connectivity index (χ2v) is 4.69. The fourth-order valence-corrected chi connectivity index (χ4v) is 2.35. The van der Waals surface area contributed by atoms with Gasteiger partial charge in [0.15, 0.2) is 0 Å². The van der Waals surface area contributed by atoms with Gasteiger partial charge in [0.05, 0.1) is 17.5 Å². The van der Waals surface area contributed by atoms with E-state index in [9.17, 15) is 4.39 Å². The van der Waals surface area contributed by atoms with Crippen LogP contribution in [0.15, 0.2) is 18.2 Å². The number of benzene rings is 1. The number of nitrogens with zero attached hydrogens (tertiary/aromatic N) is 1. The molecule has 17 heavy (non-hydrogen) atoms. The molecule has 2 atom stereocenters. The first-order valence-electron chi connectivity index (χ1n) is 5.94. The van der Waals surface area contributed by atoms with Crippen molar-refractivity contribution < 1.29 is 9.13 Å². The van der Waals surface area contributed by atoms with Crippen molar-refractivity contribution in [3.05, 3.63) is 24.0 Å². The number of methoxy groups -OCH3 is 1. The molecule has 0 spiro atoms. The predicted molar refractivity (Wildman–Crippen MR) is 67.6 cm³/mol. The number of hydrogen-bond acceptors (Lipinski definition) is 3. The van der Waals surface area contributed by atoms with Gasteiger partial charge in [-0.1, -0.05) is 6.92 Å². The highest BCUT2D eigenvalue weighted by atomic mass is 19.1. The SMILES string of the molecule is COC1CN(c2cc(F)ccc2N)CCC1C. The van der Waals surface area contributed by atoms with Crippen LogP contribution in [-0.4, -0.2) is 26.3 Å². The van der Waals surface area contributed by atoms with Crippen molar-refractivity contribution in [3.63, 3.8) is 0 Å². The molecule has 1 aromatic carbocycles. The van der Waals surface area contributed by atoms with Crippen molar-refractivity contribution in [1.82, 2.24) is 0 Å². The molecule has 1 aromatic rings. The smallest absolute Gasteiger partial charge is 0.125 e. The minimum Gasteiger partial charge on any atom is -0.397 e. The Morgan fingerprint density at radius 1 is 1.47 bits per heavy atom. The van der Waals surface area contributed by atoms with Crippen molar-refractivity contribution in [1.29, 1.82) is 0 Å². The predicted octanol–water partition coefficient (Wildman–Crippen LogP) is 2.27. The molecule has 1 fully saturated rings. The minimum atomic E-state index is -0.248. The quantitative estimate of drug-likeness (QED) is 0.803. The first-order valence-corrected chi connectivity index (χ1v) is 5.94.